The van der Waals surface area contributed by atoms with Crippen molar-refractivity contribution >= 4 is 49.4 Å². The van der Waals surface area contributed by atoms with Gasteiger partial charge in [-0.3, -0.25) is 0 Å². The zero-order valence-corrected chi connectivity index (χ0v) is 22.4. The van der Waals surface area contributed by atoms with Gasteiger partial charge in [-0.25, -0.2) is 0 Å². The largest absolute Gasteiger partial charge is 0.485 e. The van der Waals surface area contributed by atoms with Gasteiger partial charge in [0.15, 0.2) is 5.75 Å². The smallest absolute Gasteiger partial charge is 0.317 e. The maximum Gasteiger partial charge on any atom is 0.317 e. The summed E-state index contributed by atoms with van der Waals surface area (Å²) >= 11 is 6.12. The Morgan fingerprint density at radius 2 is 2.00 bits per heavy atom. The van der Waals surface area contributed by atoms with Crippen molar-refractivity contribution < 1.29 is 14.2 Å². The number of hydrogen-bond donors (Lipinski definition) is 2. The monoisotopic (exact) mass is 636 g/mol. The molecule has 3 fully saturated rings. The van der Waals surface area contributed by atoms with Crippen LogP contribution in [0.1, 0.15) is 30.5 Å². The first-order valence-corrected chi connectivity index (χ1v) is 13.6. The first-order valence-electron chi connectivity index (χ1n) is 11.7. The summed E-state index contributed by atoms with van der Waals surface area (Å²) in [4.78, 5) is 9.94. The van der Waals surface area contributed by atoms with E-state index in [0.29, 0.717) is 31.9 Å². The average Bonchev–Trinajstić information content (AvgIpc) is 3.48. The molecular weight excluding hydrogens is 611 g/mol. The number of benzene rings is 2. The van der Waals surface area contributed by atoms with E-state index in [1.54, 1.807) is 0 Å². The van der Waals surface area contributed by atoms with Gasteiger partial charge in [0, 0.05) is 40.9 Å². The summed E-state index contributed by atoms with van der Waals surface area (Å²) in [5, 5.41) is 8.37. The van der Waals surface area contributed by atoms with E-state index >= 15 is 0 Å². The highest BCUT2D eigenvalue weighted by Gasteiger charge is 2.48. The molecule has 3 aliphatic rings. The summed E-state index contributed by atoms with van der Waals surface area (Å²) in [5.41, 5.74) is 2.64. The van der Waals surface area contributed by atoms with Crippen LogP contribution < -0.4 is 20.1 Å². The van der Waals surface area contributed by atoms with Gasteiger partial charge in [0.25, 0.3) is 0 Å². The van der Waals surface area contributed by atoms with Crippen molar-refractivity contribution in [1.82, 2.24) is 20.6 Å². The molecular formula is C25H26BrIN4O3. The van der Waals surface area contributed by atoms with Crippen molar-refractivity contribution in [2.75, 3.05) is 26.3 Å². The molecule has 3 aliphatic heterocycles. The lowest BCUT2D eigenvalue weighted by atomic mass is 9.92. The Balaban J connectivity index is 1.47. The third kappa shape index (κ3) is 4.30. The van der Waals surface area contributed by atoms with E-state index in [1.807, 2.05) is 18.2 Å². The maximum absolute atomic E-state index is 6.40. The molecule has 178 valence electrons. The van der Waals surface area contributed by atoms with Gasteiger partial charge < -0.3 is 24.8 Å². The second-order valence-corrected chi connectivity index (χ2v) is 11.2. The Hall–Kier alpha value is -1.53. The lowest BCUT2D eigenvalue weighted by Gasteiger charge is -2.29. The number of fused-ring (bicyclic) bond motifs is 3. The number of hydrogen-bond acceptors (Lipinski definition) is 7. The van der Waals surface area contributed by atoms with Crippen molar-refractivity contribution in [3.05, 3.63) is 55.7 Å². The van der Waals surface area contributed by atoms with E-state index in [2.05, 4.69) is 67.4 Å². The topological polar surface area (TPSA) is 77.5 Å². The van der Waals surface area contributed by atoms with Gasteiger partial charge >= 0.3 is 6.01 Å². The third-order valence-electron chi connectivity index (χ3n) is 6.91. The van der Waals surface area contributed by atoms with Gasteiger partial charge in [0.2, 0.25) is 0 Å². The van der Waals surface area contributed by atoms with E-state index < -0.39 is 0 Å². The molecule has 9 heteroatoms. The van der Waals surface area contributed by atoms with E-state index in [-0.39, 0.29) is 11.6 Å². The summed E-state index contributed by atoms with van der Waals surface area (Å²) in [6.07, 6.45) is 2.75. The number of ether oxygens (including phenoxy) is 3. The Kier molecular flexibility index (Phi) is 6.40. The number of nitrogens with zero attached hydrogens (tertiary/aromatic N) is 2. The van der Waals surface area contributed by atoms with Crippen LogP contribution in [0.25, 0.3) is 10.9 Å². The third-order valence-corrected chi connectivity index (χ3v) is 9.29. The highest BCUT2D eigenvalue weighted by Crippen LogP contribution is 2.44. The van der Waals surface area contributed by atoms with Crippen LogP contribution in [0, 0.1) is 3.57 Å². The van der Waals surface area contributed by atoms with E-state index in [0.717, 1.165) is 68.3 Å². The molecule has 34 heavy (non-hydrogen) atoms. The SMILES string of the molecule is Brc1c(I)cc2c(C34CNC(CN3)C4)nc(OC3CCOCC3)nc2c1OCc1ccccc1. The predicted molar refractivity (Wildman–Crippen MR) is 141 cm³/mol. The van der Waals surface area contributed by atoms with Crippen LogP contribution in [0.5, 0.6) is 11.8 Å². The molecule has 1 aromatic heterocycles. The zero-order chi connectivity index (χ0) is 23.1. The van der Waals surface area contributed by atoms with Gasteiger partial charge in [-0.15, -0.1) is 0 Å². The standard InChI is InChI=1S/C25H26BrIN4O3/c26-20-19(27)10-18-21(22(20)33-13-15-4-2-1-3-5-15)30-24(34-17-6-8-32-9-7-17)31-23(18)25-11-16(12-29-25)28-14-25/h1-5,10,16-17,28-29H,6-9,11-14H2. The number of piperazine rings is 1. The molecule has 7 nitrogen and oxygen atoms in total. The first-order chi connectivity index (χ1) is 16.6. The molecule has 0 saturated carbocycles. The number of nitrogens with one attached hydrogen (secondary N) is 2. The minimum absolute atomic E-state index is 0.0588. The normalized spacial score (nSPS) is 24.6. The van der Waals surface area contributed by atoms with Gasteiger partial charge in [-0.05, 0) is 56.6 Å². The van der Waals surface area contributed by atoms with Crippen molar-refractivity contribution in [3.63, 3.8) is 0 Å². The fraction of sp³-hybridized carbons (Fsp3) is 0.440. The number of aromatic nitrogens is 2. The molecule has 0 radical (unpaired) electrons. The van der Waals surface area contributed by atoms with Crippen LogP contribution >= 0.6 is 38.5 Å². The highest BCUT2D eigenvalue weighted by atomic mass is 127. The van der Waals surface area contributed by atoms with Crippen LogP contribution in [0.3, 0.4) is 0 Å². The highest BCUT2D eigenvalue weighted by molar-refractivity contribution is 14.1. The van der Waals surface area contributed by atoms with Gasteiger partial charge in [-0.2, -0.15) is 9.97 Å². The molecule has 4 heterocycles. The van der Waals surface area contributed by atoms with Crippen molar-refractivity contribution in [3.8, 4) is 11.8 Å². The van der Waals surface area contributed by atoms with Crippen LogP contribution in [0.4, 0.5) is 0 Å². The average molecular weight is 637 g/mol. The van der Waals surface area contributed by atoms with Crippen molar-refractivity contribution in [1.29, 1.82) is 0 Å². The fourth-order valence-electron chi connectivity index (χ4n) is 5.13. The van der Waals surface area contributed by atoms with Crippen molar-refractivity contribution in [2.24, 2.45) is 0 Å². The fourth-order valence-corrected chi connectivity index (χ4v) is 6.10. The van der Waals surface area contributed by atoms with Crippen LogP contribution in [0.15, 0.2) is 40.9 Å². The molecule has 2 bridgehead atoms. The second-order valence-electron chi connectivity index (χ2n) is 9.20. The van der Waals surface area contributed by atoms with Gasteiger partial charge in [0.1, 0.15) is 18.2 Å². The van der Waals surface area contributed by atoms with Crippen LogP contribution in [0.2, 0.25) is 0 Å². The Labute approximate surface area is 220 Å². The Bertz CT molecular complexity index is 1200. The van der Waals surface area contributed by atoms with Gasteiger partial charge in [-0.1, -0.05) is 30.3 Å². The zero-order valence-electron chi connectivity index (χ0n) is 18.7. The van der Waals surface area contributed by atoms with E-state index in [4.69, 9.17) is 24.2 Å². The first kappa shape index (κ1) is 22.9. The second kappa shape index (κ2) is 9.50. The number of rotatable bonds is 6. The summed E-state index contributed by atoms with van der Waals surface area (Å²) in [7, 11) is 0. The molecule has 2 aromatic carbocycles. The summed E-state index contributed by atoms with van der Waals surface area (Å²) in [5.74, 6) is 0.725. The summed E-state index contributed by atoms with van der Waals surface area (Å²) in [6, 6.07) is 13.2. The minimum atomic E-state index is -0.229. The number of halogens is 2. The molecule has 2 unspecified atom stereocenters. The van der Waals surface area contributed by atoms with E-state index in [1.165, 1.54) is 0 Å². The molecule has 2 N–H and O–H groups in total. The Morgan fingerprint density at radius 3 is 2.71 bits per heavy atom. The molecule has 2 atom stereocenters. The molecule has 3 saturated heterocycles. The summed E-state index contributed by atoms with van der Waals surface area (Å²) < 4.78 is 20.2. The quantitative estimate of drug-likeness (QED) is 0.391. The molecule has 3 aromatic rings. The lowest BCUT2D eigenvalue weighted by molar-refractivity contribution is 0.0216. The Morgan fingerprint density at radius 1 is 1.18 bits per heavy atom. The summed E-state index contributed by atoms with van der Waals surface area (Å²) in [6.45, 7) is 3.64. The van der Waals surface area contributed by atoms with Crippen LogP contribution in [-0.2, 0) is 16.9 Å². The lowest BCUT2D eigenvalue weighted by Crippen LogP contribution is -2.48. The minimum Gasteiger partial charge on any atom is -0.485 e. The van der Waals surface area contributed by atoms with E-state index in [9.17, 15) is 0 Å². The van der Waals surface area contributed by atoms with Gasteiger partial charge in [0.05, 0.1) is 28.9 Å². The molecule has 6 rings (SSSR count). The van der Waals surface area contributed by atoms with Crippen LogP contribution in [-0.4, -0.2) is 48.4 Å². The predicted octanol–water partition coefficient (Wildman–Crippen LogP) is 4.29. The maximum atomic E-state index is 6.40. The van der Waals surface area contributed by atoms with Crippen molar-refractivity contribution in [2.45, 2.75) is 43.6 Å². The molecule has 0 amide bonds. The molecule has 0 spiro atoms. The molecule has 0 aliphatic carbocycles.